The summed E-state index contributed by atoms with van der Waals surface area (Å²) in [5.74, 6) is 1.12. The molecule has 4 aromatic rings. The van der Waals surface area contributed by atoms with Crippen LogP contribution in [-0.2, 0) is 51.7 Å². The quantitative estimate of drug-likeness (QED) is 0.190. The standard InChI is InChI=1S/2C12H11Si.2C9H13.2C5H10N.2ClH.2Hf/c2*1-3-7-11(8-4-1)13-12-9-5-2-6-10-12;2*1-6-5-7(2)9(4)8(6)3;2*6-5-3-1-2-4-5;;;;/h2*1-10,13H;2*6H,1-4H3;2*5-6H,1-4H2;2*1H;;/q;;4*-1;;;;/p-2. The van der Waals surface area contributed by atoms with Gasteiger partial charge in [0.05, 0.1) is 0 Å². The van der Waals surface area contributed by atoms with Crippen LogP contribution in [0.4, 0.5) is 0 Å². The van der Waals surface area contributed by atoms with Crippen LogP contribution in [0, 0.1) is 24.0 Å². The molecule has 322 valence electrons. The Bertz CT molecular complexity index is 1600. The van der Waals surface area contributed by atoms with Crippen molar-refractivity contribution in [1.29, 1.82) is 0 Å². The van der Waals surface area contributed by atoms with Crippen LogP contribution in [0.3, 0.4) is 0 Å². The van der Waals surface area contributed by atoms with E-state index in [2.05, 4.69) is 189 Å². The molecule has 2 saturated carbocycles. The molecule has 2 N–H and O–H groups in total. The smallest absolute Gasteiger partial charge is 0.103 e. The first kappa shape index (κ1) is 60.6. The number of hydrogen-bond acceptors (Lipinski definition) is 0. The molecule has 2 unspecified atom stereocenters. The molecule has 4 aliphatic carbocycles. The second-order valence-corrected chi connectivity index (χ2v) is 18.7. The number of benzene rings is 4. The summed E-state index contributed by atoms with van der Waals surface area (Å²) in [6.07, 6.45) is 16.5. The minimum Gasteiger partial charge on any atom is -1.00 e. The molecule has 0 aromatic heterocycles. The van der Waals surface area contributed by atoms with Crippen LogP contribution in [-0.4, -0.2) is 31.1 Å². The van der Waals surface area contributed by atoms with Gasteiger partial charge in [-0.15, -0.1) is 25.9 Å². The zero-order valence-corrected chi connectivity index (χ0v) is 48.4. The van der Waals surface area contributed by atoms with Gasteiger partial charge in [-0.05, 0) is 0 Å². The van der Waals surface area contributed by atoms with E-state index in [1.807, 2.05) is 0 Å². The van der Waals surface area contributed by atoms with Crippen molar-refractivity contribution in [3.63, 3.8) is 0 Å². The van der Waals surface area contributed by atoms with Crippen LogP contribution in [0.15, 0.2) is 155 Å². The van der Waals surface area contributed by atoms with Gasteiger partial charge in [0.2, 0.25) is 0 Å². The zero-order chi connectivity index (χ0) is 40.7. The molecular weight excluding hydrogens is 1140 g/mol. The van der Waals surface area contributed by atoms with Crippen molar-refractivity contribution in [2.75, 3.05) is 0 Å². The Balaban J connectivity index is 0. The molecule has 2 fully saturated rings. The molecule has 0 amide bonds. The van der Waals surface area contributed by atoms with E-state index < -0.39 is 0 Å². The molecule has 4 aliphatic rings. The summed E-state index contributed by atoms with van der Waals surface area (Å²) in [5.41, 5.74) is 22.8. The van der Waals surface area contributed by atoms with Crippen molar-refractivity contribution in [3.05, 3.63) is 178 Å². The van der Waals surface area contributed by atoms with E-state index in [1.165, 1.54) is 79.9 Å². The van der Waals surface area contributed by atoms with E-state index in [-0.39, 0.29) is 95.5 Å². The van der Waals surface area contributed by atoms with E-state index in [4.69, 9.17) is 11.5 Å². The third-order valence-electron chi connectivity index (χ3n) is 11.0. The summed E-state index contributed by atoms with van der Waals surface area (Å²) in [6.45, 7) is 17.3. The van der Waals surface area contributed by atoms with Gasteiger partial charge in [-0.3, -0.25) is 12.2 Å². The van der Waals surface area contributed by atoms with Crippen LogP contribution in [0.5, 0.6) is 0 Å². The van der Waals surface area contributed by atoms with Gasteiger partial charge in [0.15, 0.2) is 0 Å². The first-order chi connectivity index (χ1) is 26.9. The summed E-state index contributed by atoms with van der Waals surface area (Å²) in [5, 5.41) is 5.81. The fourth-order valence-corrected chi connectivity index (χ4v) is 9.19. The number of nitrogens with one attached hydrogen (secondary N) is 2. The van der Waals surface area contributed by atoms with Crippen LogP contribution in [0.25, 0.3) is 11.5 Å². The number of hydrogen-bond donors (Lipinski definition) is 0. The third kappa shape index (κ3) is 24.4. The van der Waals surface area contributed by atoms with Gasteiger partial charge in [0.1, 0.15) is 19.0 Å². The second kappa shape index (κ2) is 34.9. The minimum absolute atomic E-state index is 0. The fourth-order valence-electron chi connectivity index (χ4n) is 6.76. The summed E-state index contributed by atoms with van der Waals surface area (Å²) >= 11 is 0. The van der Waals surface area contributed by atoms with E-state index in [0.29, 0.717) is 23.9 Å². The Labute approximate surface area is 421 Å². The van der Waals surface area contributed by atoms with Crippen LogP contribution in [0.2, 0.25) is 0 Å². The van der Waals surface area contributed by atoms with Crippen molar-refractivity contribution in [2.45, 2.75) is 119 Å². The largest absolute Gasteiger partial charge is 1.00 e. The maximum absolute atomic E-state index is 7.13. The van der Waals surface area contributed by atoms with E-state index in [0.717, 1.165) is 25.7 Å². The van der Waals surface area contributed by atoms with Crippen LogP contribution < -0.4 is 45.6 Å². The van der Waals surface area contributed by atoms with Crippen LogP contribution >= 0.6 is 0 Å². The molecule has 8 rings (SSSR count). The predicted molar refractivity (Wildman–Crippen MR) is 252 cm³/mol. The van der Waals surface area contributed by atoms with Crippen LogP contribution in [0.1, 0.15) is 107 Å². The van der Waals surface area contributed by atoms with Gasteiger partial charge in [-0.25, -0.2) is 11.1 Å². The average molecular weight is 1210 g/mol. The summed E-state index contributed by atoms with van der Waals surface area (Å²) in [6, 6.07) is 43.2. The maximum Gasteiger partial charge on any atom is 0.103 e. The van der Waals surface area contributed by atoms with Gasteiger partial charge < -0.3 is 36.3 Å². The summed E-state index contributed by atoms with van der Waals surface area (Å²) in [7, 11) is 0.543. The van der Waals surface area contributed by atoms with Crippen molar-refractivity contribution in [1.82, 2.24) is 0 Å². The van der Waals surface area contributed by atoms with Crippen molar-refractivity contribution < 1.29 is 76.5 Å². The van der Waals surface area contributed by atoms with Crippen molar-refractivity contribution in [2.24, 2.45) is 11.8 Å². The molecule has 8 heteroatoms. The molecule has 4 aromatic carbocycles. The minimum atomic E-state index is 0. The molecule has 0 bridgehead atoms. The van der Waals surface area contributed by atoms with E-state index in [9.17, 15) is 0 Å². The summed E-state index contributed by atoms with van der Waals surface area (Å²) < 4.78 is 0. The third-order valence-corrected chi connectivity index (χ3v) is 13.9. The molecule has 60 heavy (non-hydrogen) atoms. The number of halogens is 2. The van der Waals surface area contributed by atoms with Crippen molar-refractivity contribution in [3.8, 4) is 0 Å². The Morgan fingerprint density at radius 2 is 0.633 bits per heavy atom. The second-order valence-electron chi connectivity index (χ2n) is 15.5. The van der Waals surface area contributed by atoms with Gasteiger partial charge in [-0.1, -0.05) is 247 Å². The Morgan fingerprint density at radius 1 is 0.417 bits per heavy atom. The van der Waals surface area contributed by atoms with Crippen molar-refractivity contribution >= 4 is 39.8 Å². The monoisotopic (exact) mass is 1210 g/mol. The SMILES string of the molecule is CC1=[C-]C(C)C(C)=C1C.CC1=[C-]C(C)C(C)=C1C.[Cl-].[Cl-].[Hf].[Hf].[NH-]C1CCCC1.[NH-]C1CCCC1.c1ccc([SiH]c2ccccc2)cc1.c1ccc([SiH]c2ccccc2)cc1. The van der Waals surface area contributed by atoms with Gasteiger partial charge in [0, 0.05) is 51.7 Å². The first-order valence-electron chi connectivity index (χ1n) is 20.8. The average Bonchev–Trinajstić information content (AvgIpc) is 4.00. The Morgan fingerprint density at radius 3 is 0.750 bits per heavy atom. The maximum atomic E-state index is 7.13. The molecule has 0 spiro atoms. The molecule has 2 atom stereocenters. The molecule has 0 aliphatic heterocycles. The predicted octanol–water partition coefficient (Wildman–Crippen LogP) is 5.56. The Kier molecular flexibility index (Phi) is 35.3. The molecule has 0 heterocycles. The van der Waals surface area contributed by atoms with E-state index in [1.54, 1.807) is 0 Å². The van der Waals surface area contributed by atoms with E-state index >= 15 is 0 Å². The summed E-state index contributed by atoms with van der Waals surface area (Å²) in [4.78, 5) is 0. The molecule has 2 radical (unpaired) electrons. The normalized spacial score (nSPS) is 17.5. The number of rotatable bonds is 4. The van der Waals surface area contributed by atoms with Gasteiger partial charge >= 0.3 is 0 Å². The van der Waals surface area contributed by atoms with Gasteiger partial charge in [-0.2, -0.15) is 22.3 Å². The fraction of sp³-hybridized carbons (Fsp3) is 0.385. The topological polar surface area (TPSA) is 47.6 Å². The molecular formula is C52H68Cl2Hf2N2Si2-6. The van der Waals surface area contributed by atoms with Gasteiger partial charge in [0.25, 0.3) is 0 Å². The number of allylic oxidation sites excluding steroid dienone is 8. The Hall–Kier alpha value is -1.49. The zero-order valence-electron chi connectivity index (χ0n) is 37.4. The molecule has 2 nitrogen and oxygen atoms in total. The molecule has 0 saturated heterocycles. The first-order valence-corrected chi connectivity index (χ1v) is 23.1.